The first kappa shape index (κ1) is 20.6. The normalized spacial score (nSPS) is 18.8. The zero-order chi connectivity index (χ0) is 21.3. The number of amides is 2. The summed E-state index contributed by atoms with van der Waals surface area (Å²) < 4.78 is 5.22. The number of rotatable bonds is 4. The van der Waals surface area contributed by atoms with Gasteiger partial charge in [0.15, 0.2) is 5.06 Å². The van der Waals surface area contributed by atoms with Gasteiger partial charge < -0.3 is 19.5 Å². The summed E-state index contributed by atoms with van der Waals surface area (Å²) in [5, 5.41) is 0.688. The number of aromatic amines is 1. The molecule has 160 valence electrons. The molecule has 2 aliphatic rings. The number of methoxy groups -OCH3 is 1. The number of piperidine rings is 1. The number of hydrogen-bond donors (Lipinski definition) is 1. The van der Waals surface area contributed by atoms with Crippen molar-refractivity contribution in [2.75, 3.05) is 20.2 Å². The van der Waals surface area contributed by atoms with Crippen LogP contribution in [0.3, 0.4) is 0 Å². The smallest absolute Gasteiger partial charge is 0.264 e. The standard InChI is InChI=1S/C21H26N4O4S/c1-3-17(26)24-11-9-13-14(12-24)22-19(23-20(13)27)15-6-4-5-10-25(15)21(28)16-7-8-18(29-2)30-16/h7-8,15H,3-6,9-12H2,1-2H3,(H,22,23,27). The molecule has 0 aliphatic carbocycles. The zero-order valence-corrected chi connectivity index (χ0v) is 18.1. The van der Waals surface area contributed by atoms with Gasteiger partial charge >= 0.3 is 0 Å². The fraction of sp³-hybridized carbons (Fsp3) is 0.524. The Hall–Kier alpha value is -2.68. The fourth-order valence-corrected chi connectivity index (χ4v) is 4.98. The maximum absolute atomic E-state index is 13.2. The number of H-pyrrole nitrogens is 1. The summed E-state index contributed by atoms with van der Waals surface area (Å²) in [6.45, 7) is 3.34. The number of hydrogen-bond acceptors (Lipinski definition) is 6. The van der Waals surface area contributed by atoms with Crippen LogP contribution in [0.15, 0.2) is 16.9 Å². The number of thiophene rings is 1. The monoisotopic (exact) mass is 430 g/mol. The molecule has 0 spiro atoms. The molecule has 1 unspecified atom stereocenters. The van der Waals surface area contributed by atoms with E-state index in [1.54, 1.807) is 29.0 Å². The van der Waals surface area contributed by atoms with Crippen molar-refractivity contribution in [3.63, 3.8) is 0 Å². The molecule has 2 aromatic rings. The molecule has 2 aliphatic heterocycles. The van der Waals surface area contributed by atoms with Crippen molar-refractivity contribution in [2.45, 2.75) is 51.6 Å². The van der Waals surface area contributed by atoms with Crippen molar-refractivity contribution in [2.24, 2.45) is 0 Å². The lowest BCUT2D eigenvalue weighted by molar-refractivity contribution is -0.131. The highest BCUT2D eigenvalue weighted by molar-refractivity contribution is 7.15. The Morgan fingerprint density at radius 1 is 1.30 bits per heavy atom. The molecule has 8 nitrogen and oxygen atoms in total. The van der Waals surface area contributed by atoms with Crippen LogP contribution < -0.4 is 10.3 Å². The molecular weight excluding hydrogens is 404 g/mol. The Kier molecular flexibility index (Phi) is 5.90. The molecule has 0 saturated carbocycles. The van der Waals surface area contributed by atoms with E-state index in [1.165, 1.54) is 11.3 Å². The molecule has 0 aromatic carbocycles. The van der Waals surface area contributed by atoms with E-state index in [4.69, 9.17) is 9.72 Å². The fourth-order valence-electron chi connectivity index (χ4n) is 4.20. The first-order valence-electron chi connectivity index (χ1n) is 10.4. The lowest BCUT2D eigenvalue weighted by Crippen LogP contribution is -2.42. The van der Waals surface area contributed by atoms with Gasteiger partial charge in [-0.05, 0) is 37.8 Å². The minimum absolute atomic E-state index is 0.0606. The van der Waals surface area contributed by atoms with E-state index in [0.29, 0.717) is 59.5 Å². The molecule has 1 fully saturated rings. The van der Waals surface area contributed by atoms with Gasteiger partial charge in [0.2, 0.25) is 5.91 Å². The Morgan fingerprint density at radius 3 is 2.87 bits per heavy atom. The van der Waals surface area contributed by atoms with Crippen molar-refractivity contribution < 1.29 is 14.3 Å². The Balaban J connectivity index is 1.64. The third kappa shape index (κ3) is 3.86. The third-order valence-electron chi connectivity index (χ3n) is 5.82. The molecule has 1 atom stereocenters. The molecular formula is C21H26N4O4S. The molecule has 2 aromatic heterocycles. The molecule has 0 bridgehead atoms. The average molecular weight is 431 g/mol. The summed E-state index contributed by atoms with van der Waals surface area (Å²) in [4.78, 5) is 49.9. The van der Waals surface area contributed by atoms with Gasteiger partial charge in [-0.15, -0.1) is 0 Å². The highest BCUT2D eigenvalue weighted by Crippen LogP contribution is 2.33. The lowest BCUT2D eigenvalue weighted by Gasteiger charge is -2.35. The van der Waals surface area contributed by atoms with Gasteiger partial charge in [-0.3, -0.25) is 14.4 Å². The predicted molar refractivity (Wildman–Crippen MR) is 113 cm³/mol. The van der Waals surface area contributed by atoms with Crippen LogP contribution in [-0.2, 0) is 17.8 Å². The summed E-state index contributed by atoms with van der Waals surface area (Å²) in [5.41, 5.74) is 1.14. The SMILES string of the molecule is CCC(=O)N1CCc2c(nc(C3CCCCN3C(=O)c3ccc(OC)s3)[nH]c2=O)C1. The van der Waals surface area contributed by atoms with Crippen molar-refractivity contribution >= 4 is 23.2 Å². The molecule has 1 N–H and O–H groups in total. The van der Waals surface area contributed by atoms with Gasteiger partial charge in [0, 0.05) is 25.1 Å². The van der Waals surface area contributed by atoms with Crippen molar-refractivity contribution in [3.8, 4) is 5.06 Å². The summed E-state index contributed by atoms with van der Waals surface area (Å²) in [5.74, 6) is 0.502. The van der Waals surface area contributed by atoms with Crippen LogP contribution in [0, 0.1) is 0 Å². The van der Waals surface area contributed by atoms with Crippen LogP contribution in [-0.4, -0.2) is 51.8 Å². The number of nitrogens with zero attached hydrogens (tertiary/aromatic N) is 3. The van der Waals surface area contributed by atoms with Gasteiger partial charge in [0.25, 0.3) is 11.5 Å². The molecule has 9 heteroatoms. The number of nitrogens with one attached hydrogen (secondary N) is 1. The van der Waals surface area contributed by atoms with E-state index in [0.717, 1.165) is 19.3 Å². The van der Waals surface area contributed by atoms with Crippen LogP contribution in [0.25, 0.3) is 0 Å². The van der Waals surface area contributed by atoms with Gasteiger partial charge in [-0.25, -0.2) is 4.98 Å². The van der Waals surface area contributed by atoms with Crippen LogP contribution >= 0.6 is 11.3 Å². The average Bonchev–Trinajstić information content (AvgIpc) is 3.27. The molecule has 4 heterocycles. The quantitative estimate of drug-likeness (QED) is 0.804. The maximum Gasteiger partial charge on any atom is 0.264 e. The number of ether oxygens (including phenoxy) is 1. The second-order valence-electron chi connectivity index (χ2n) is 7.63. The number of likely N-dealkylation sites (tertiary alicyclic amines) is 1. The Morgan fingerprint density at radius 2 is 2.13 bits per heavy atom. The molecule has 2 amide bonds. The van der Waals surface area contributed by atoms with Gasteiger partial charge in [-0.2, -0.15) is 0 Å². The van der Waals surface area contributed by atoms with Crippen molar-refractivity contribution in [3.05, 3.63) is 44.4 Å². The molecule has 4 rings (SSSR count). The number of carbonyl (C=O) groups is 2. The molecule has 0 radical (unpaired) electrons. The van der Waals surface area contributed by atoms with Gasteiger partial charge in [0.05, 0.1) is 30.3 Å². The van der Waals surface area contributed by atoms with E-state index < -0.39 is 0 Å². The minimum atomic E-state index is -0.283. The highest BCUT2D eigenvalue weighted by Gasteiger charge is 2.33. The first-order chi connectivity index (χ1) is 14.5. The summed E-state index contributed by atoms with van der Waals surface area (Å²) in [6.07, 6.45) is 3.56. The number of carbonyl (C=O) groups excluding carboxylic acids is 2. The largest absolute Gasteiger partial charge is 0.487 e. The summed E-state index contributed by atoms with van der Waals surface area (Å²) >= 11 is 1.31. The van der Waals surface area contributed by atoms with Crippen LogP contribution in [0.4, 0.5) is 0 Å². The maximum atomic E-state index is 13.2. The summed E-state index contributed by atoms with van der Waals surface area (Å²) in [7, 11) is 1.58. The van der Waals surface area contributed by atoms with Gasteiger partial charge in [-0.1, -0.05) is 18.3 Å². The first-order valence-corrected chi connectivity index (χ1v) is 11.2. The zero-order valence-electron chi connectivity index (χ0n) is 17.3. The van der Waals surface area contributed by atoms with E-state index in [2.05, 4.69) is 4.98 Å². The van der Waals surface area contributed by atoms with Crippen molar-refractivity contribution in [1.29, 1.82) is 0 Å². The van der Waals surface area contributed by atoms with E-state index in [1.807, 2.05) is 6.92 Å². The molecule has 30 heavy (non-hydrogen) atoms. The topological polar surface area (TPSA) is 95.6 Å². The van der Waals surface area contributed by atoms with Crippen LogP contribution in [0.5, 0.6) is 5.06 Å². The van der Waals surface area contributed by atoms with Crippen LogP contribution in [0.1, 0.15) is 65.4 Å². The Labute approximate surface area is 178 Å². The van der Waals surface area contributed by atoms with E-state index in [9.17, 15) is 14.4 Å². The van der Waals surface area contributed by atoms with E-state index >= 15 is 0 Å². The highest BCUT2D eigenvalue weighted by atomic mass is 32.1. The van der Waals surface area contributed by atoms with E-state index in [-0.39, 0.29) is 23.4 Å². The lowest BCUT2D eigenvalue weighted by atomic mass is 10.00. The van der Waals surface area contributed by atoms with Crippen molar-refractivity contribution in [1.82, 2.24) is 19.8 Å². The minimum Gasteiger partial charge on any atom is -0.487 e. The second-order valence-corrected chi connectivity index (χ2v) is 8.67. The second kappa shape index (κ2) is 8.59. The third-order valence-corrected chi connectivity index (χ3v) is 6.85. The number of fused-ring (bicyclic) bond motifs is 1. The summed E-state index contributed by atoms with van der Waals surface area (Å²) in [6, 6.07) is 3.28. The molecule has 1 saturated heterocycles. The van der Waals surface area contributed by atoms with Crippen LogP contribution in [0.2, 0.25) is 0 Å². The Bertz CT molecular complexity index is 1010. The van der Waals surface area contributed by atoms with Gasteiger partial charge in [0.1, 0.15) is 5.82 Å². The predicted octanol–water partition coefficient (Wildman–Crippen LogP) is 2.50. The number of aromatic nitrogens is 2.